The Morgan fingerprint density at radius 3 is 2.26 bits per heavy atom. The monoisotopic (exact) mass is 262 g/mol. The quantitative estimate of drug-likeness (QED) is 0.697. The van der Waals surface area contributed by atoms with E-state index in [1.54, 1.807) is 0 Å². The lowest BCUT2D eigenvalue weighted by atomic mass is 10.1. The van der Waals surface area contributed by atoms with E-state index in [4.69, 9.17) is 0 Å². The number of para-hydroxylation sites is 1. The number of fused-ring (bicyclic) bond motifs is 1. The lowest BCUT2D eigenvalue weighted by Gasteiger charge is -2.06. The summed E-state index contributed by atoms with van der Waals surface area (Å²) >= 11 is 0. The molecule has 0 aliphatic carbocycles. The van der Waals surface area contributed by atoms with Gasteiger partial charge in [-0.3, -0.25) is 5.10 Å². The molecule has 0 unspecified atom stereocenters. The van der Waals surface area contributed by atoms with Gasteiger partial charge in [0.1, 0.15) is 0 Å². The first-order valence-corrected chi connectivity index (χ1v) is 5.66. The lowest BCUT2D eigenvalue weighted by molar-refractivity contribution is -0.137. The summed E-state index contributed by atoms with van der Waals surface area (Å²) in [5.41, 5.74) is 1.52. The van der Waals surface area contributed by atoms with Gasteiger partial charge >= 0.3 is 6.18 Å². The van der Waals surface area contributed by atoms with Crippen molar-refractivity contribution in [1.82, 2.24) is 10.2 Å². The Bertz CT molecular complexity index is 711. The van der Waals surface area contributed by atoms with Gasteiger partial charge in [0.2, 0.25) is 0 Å². The number of benzene rings is 2. The third-order valence-corrected chi connectivity index (χ3v) is 2.96. The second-order valence-electron chi connectivity index (χ2n) is 4.19. The number of H-pyrrole nitrogens is 1. The van der Waals surface area contributed by atoms with Crippen molar-refractivity contribution in [2.45, 2.75) is 6.18 Å². The molecule has 0 amide bonds. The molecule has 0 spiro atoms. The maximum Gasteiger partial charge on any atom is 0.416 e. The maximum absolute atomic E-state index is 12.5. The molecule has 2 aromatic carbocycles. The number of hydrogen-bond acceptors (Lipinski definition) is 1. The fourth-order valence-corrected chi connectivity index (χ4v) is 2.00. The summed E-state index contributed by atoms with van der Waals surface area (Å²) in [4.78, 5) is 0. The Labute approximate surface area is 106 Å². The molecule has 0 saturated carbocycles. The van der Waals surface area contributed by atoms with Crippen LogP contribution >= 0.6 is 0 Å². The standard InChI is InChI=1S/C14H9F3N2/c15-14(16,17)10-7-5-9(6-8-10)13-11-3-1-2-4-12(11)18-19-13/h1-8H,(H,18,19). The van der Waals surface area contributed by atoms with Crippen molar-refractivity contribution < 1.29 is 13.2 Å². The van der Waals surface area contributed by atoms with Gasteiger partial charge < -0.3 is 0 Å². The number of nitrogens with zero attached hydrogens (tertiary/aromatic N) is 1. The molecule has 2 nitrogen and oxygen atoms in total. The SMILES string of the molecule is FC(F)(F)c1ccc(-c2n[nH]c3ccccc23)cc1. The molecular weight excluding hydrogens is 253 g/mol. The highest BCUT2D eigenvalue weighted by Crippen LogP contribution is 2.32. The average Bonchev–Trinajstić information content (AvgIpc) is 2.82. The van der Waals surface area contributed by atoms with Crippen LogP contribution in [0.4, 0.5) is 13.2 Å². The Hall–Kier alpha value is -2.30. The van der Waals surface area contributed by atoms with Gasteiger partial charge in [-0.2, -0.15) is 18.3 Å². The fraction of sp³-hybridized carbons (Fsp3) is 0.0714. The van der Waals surface area contributed by atoms with E-state index in [1.807, 2.05) is 24.3 Å². The second-order valence-corrected chi connectivity index (χ2v) is 4.19. The molecule has 19 heavy (non-hydrogen) atoms. The van der Waals surface area contributed by atoms with E-state index >= 15 is 0 Å². The van der Waals surface area contributed by atoms with Crippen molar-refractivity contribution in [3.05, 3.63) is 54.1 Å². The lowest BCUT2D eigenvalue weighted by Crippen LogP contribution is -2.04. The van der Waals surface area contributed by atoms with E-state index in [0.717, 1.165) is 23.0 Å². The smallest absolute Gasteiger partial charge is 0.277 e. The summed E-state index contributed by atoms with van der Waals surface area (Å²) in [6, 6.07) is 12.5. The van der Waals surface area contributed by atoms with Gasteiger partial charge in [0, 0.05) is 10.9 Å². The number of aromatic nitrogens is 2. The van der Waals surface area contributed by atoms with Crippen LogP contribution in [-0.4, -0.2) is 10.2 Å². The normalized spacial score (nSPS) is 11.9. The molecule has 0 atom stereocenters. The zero-order valence-corrected chi connectivity index (χ0v) is 9.70. The predicted octanol–water partition coefficient (Wildman–Crippen LogP) is 4.25. The number of halogens is 3. The number of alkyl halides is 3. The highest BCUT2D eigenvalue weighted by atomic mass is 19.4. The number of hydrogen-bond donors (Lipinski definition) is 1. The van der Waals surface area contributed by atoms with Gasteiger partial charge in [-0.15, -0.1) is 0 Å². The van der Waals surface area contributed by atoms with Crippen LogP contribution in [0, 0.1) is 0 Å². The average molecular weight is 262 g/mol. The molecule has 1 aromatic heterocycles. The molecule has 0 fully saturated rings. The third-order valence-electron chi connectivity index (χ3n) is 2.96. The minimum absolute atomic E-state index is 0.656. The zero-order chi connectivity index (χ0) is 13.5. The van der Waals surface area contributed by atoms with Crippen LogP contribution in [0.25, 0.3) is 22.2 Å². The molecule has 0 aliphatic rings. The Morgan fingerprint density at radius 2 is 1.58 bits per heavy atom. The number of nitrogens with one attached hydrogen (secondary N) is 1. The van der Waals surface area contributed by atoms with Crippen LogP contribution in [0.2, 0.25) is 0 Å². The van der Waals surface area contributed by atoms with Crippen molar-refractivity contribution >= 4 is 10.9 Å². The Balaban J connectivity index is 2.07. The van der Waals surface area contributed by atoms with Gasteiger partial charge in [-0.25, -0.2) is 0 Å². The van der Waals surface area contributed by atoms with Gasteiger partial charge in [-0.1, -0.05) is 30.3 Å². The van der Waals surface area contributed by atoms with Gasteiger partial charge in [0.15, 0.2) is 0 Å². The van der Waals surface area contributed by atoms with Crippen LogP contribution in [0.15, 0.2) is 48.5 Å². The van der Waals surface area contributed by atoms with E-state index in [-0.39, 0.29) is 0 Å². The van der Waals surface area contributed by atoms with Crippen molar-refractivity contribution in [2.24, 2.45) is 0 Å². The van der Waals surface area contributed by atoms with Gasteiger partial charge in [0.05, 0.1) is 16.8 Å². The van der Waals surface area contributed by atoms with Gasteiger partial charge in [0.25, 0.3) is 0 Å². The maximum atomic E-state index is 12.5. The van der Waals surface area contributed by atoms with Crippen molar-refractivity contribution in [2.75, 3.05) is 0 Å². The van der Waals surface area contributed by atoms with Crippen LogP contribution < -0.4 is 0 Å². The number of aromatic amines is 1. The molecule has 3 aromatic rings. The molecule has 0 radical (unpaired) electrons. The molecular formula is C14H9F3N2. The predicted molar refractivity (Wildman–Crippen MR) is 66.5 cm³/mol. The number of rotatable bonds is 1. The highest BCUT2D eigenvalue weighted by molar-refractivity contribution is 5.92. The van der Waals surface area contributed by atoms with E-state index in [9.17, 15) is 13.2 Å². The van der Waals surface area contributed by atoms with E-state index in [2.05, 4.69) is 10.2 Å². The summed E-state index contributed by atoms with van der Waals surface area (Å²) in [7, 11) is 0. The first-order chi connectivity index (χ1) is 9.05. The molecule has 96 valence electrons. The van der Waals surface area contributed by atoms with Crippen LogP contribution in [0.3, 0.4) is 0 Å². The largest absolute Gasteiger partial charge is 0.416 e. The van der Waals surface area contributed by atoms with Crippen molar-refractivity contribution in [1.29, 1.82) is 0 Å². The molecule has 3 rings (SSSR count). The minimum Gasteiger partial charge on any atom is -0.277 e. The molecule has 1 N–H and O–H groups in total. The van der Waals surface area contributed by atoms with E-state index in [0.29, 0.717) is 11.3 Å². The van der Waals surface area contributed by atoms with Gasteiger partial charge in [-0.05, 0) is 18.2 Å². The van der Waals surface area contributed by atoms with E-state index < -0.39 is 11.7 Å². The molecule has 0 bridgehead atoms. The van der Waals surface area contributed by atoms with Crippen LogP contribution in [0.1, 0.15) is 5.56 Å². The summed E-state index contributed by atoms with van der Waals surface area (Å²) in [5, 5.41) is 7.90. The van der Waals surface area contributed by atoms with E-state index in [1.165, 1.54) is 12.1 Å². The summed E-state index contributed by atoms with van der Waals surface area (Å²) < 4.78 is 37.5. The molecule has 0 saturated heterocycles. The Morgan fingerprint density at radius 1 is 0.895 bits per heavy atom. The highest BCUT2D eigenvalue weighted by Gasteiger charge is 2.30. The molecule has 5 heteroatoms. The summed E-state index contributed by atoms with van der Waals surface area (Å²) in [5.74, 6) is 0. The molecule has 1 heterocycles. The summed E-state index contributed by atoms with van der Waals surface area (Å²) in [6.45, 7) is 0. The van der Waals surface area contributed by atoms with Crippen molar-refractivity contribution in [3.63, 3.8) is 0 Å². The third kappa shape index (κ3) is 2.07. The summed E-state index contributed by atoms with van der Waals surface area (Å²) in [6.07, 6.45) is -4.31. The first kappa shape index (κ1) is 11.8. The molecule has 0 aliphatic heterocycles. The zero-order valence-electron chi connectivity index (χ0n) is 9.70. The minimum atomic E-state index is -4.31. The second kappa shape index (κ2) is 4.12. The first-order valence-electron chi connectivity index (χ1n) is 5.66. The topological polar surface area (TPSA) is 28.7 Å². The van der Waals surface area contributed by atoms with Crippen molar-refractivity contribution in [3.8, 4) is 11.3 Å². The van der Waals surface area contributed by atoms with Crippen LogP contribution in [0.5, 0.6) is 0 Å². The Kier molecular flexibility index (Phi) is 2.55. The fourth-order valence-electron chi connectivity index (χ4n) is 2.00. The van der Waals surface area contributed by atoms with Crippen LogP contribution in [-0.2, 0) is 6.18 Å².